The van der Waals surface area contributed by atoms with E-state index in [9.17, 15) is 4.79 Å². The van der Waals surface area contributed by atoms with Crippen molar-refractivity contribution in [3.63, 3.8) is 0 Å². The molecule has 0 atom stereocenters. The summed E-state index contributed by atoms with van der Waals surface area (Å²) >= 11 is 0. The lowest BCUT2D eigenvalue weighted by Gasteiger charge is -2.14. The second-order valence-corrected chi connectivity index (χ2v) is 6.26. The Labute approximate surface area is 164 Å². The number of ether oxygens (including phenoxy) is 2. The zero-order valence-corrected chi connectivity index (χ0v) is 16.2. The summed E-state index contributed by atoms with van der Waals surface area (Å²) in [6.07, 6.45) is 6.95. The molecule has 0 saturated heterocycles. The number of amides is 1. The molecule has 0 unspecified atom stereocenters. The lowest BCUT2D eigenvalue weighted by molar-refractivity contribution is -0.125. The van der Waals surface area contributed by atoms with Crippen LogP contribution in [0.2, 0.25) is 0 Å². The van der Waals surface area contributed by atoms with E-state index in [0.29, 0.717) is 18.0 Å². The van der Waals surface area contributed by atoms with E-state index in [1.54, 1.807) is 43.1 Å². The van der Waals surface area contributed by atoms with E-state index in [-0.39, 0.29) is 5.91 Å². The van der Waals surface area contributed by atoms with Crippen molar-refractivity contribution in [2.75, 3.05) is 21.3 Å². The molecule has 6 heteroatoms. The molecule has 2 aromatic carbocycles. The Bertz CT molecular complexity index is 964. The van der Waals surface area contributed by atoms with Gasteiger partial charge in [-0.05, 0) is 36.4 Å². The zero-order chi connectivity index (χ0) is 19.9. The fourth-order valence-electron chi connectivity index (χ4n) is 2.77. The minimum atomic E-state index is -0.114. The molecule has 3 aromatic rings. The van der Waals surface area contributed by atoms with Gasteiger partial charge in [-0.1, -0.05) is 18.2 Å². The Balaban J connectivity index is 1.67. The number of hydrogen-bond acceptors (Lipinski definition) is 4. The standard InChI is InChI=1S/C22H23N3O3/c1-24(15-17-14-23-25(16-17)19-7-5-4-6-8-19)22(26)12-9-18-13-20(27-2)10-11-21(18)28-3/h4-14,16H,15H2,1-3H3/b12-9+. The summed E-state index contributed by atoms with van der Waals surface area (Å²) in [4.78, 5) is 14.1. The van der Waals surface area contributed by atoms with Crippen LogP contribution in [0.5, 0.6) is 11.5 Å². The molecule has 1 amide bonds. The molecule has 0 bridgehead atoms. The second-order valence-electron chi connectivity index (χ2n) is 6.26. The molecule has 0 saturated carbocycles. The van der Waals surface area contributed by atoms with Gasteiger partial charge in [0.1, 0.15) is 11.5 Å². The van der Waals surface area contributed by atoms with Crippen LogP contribution in [0.1, 0.15) is 11.1 Å². The molecule has 144 valence electrons. The molecule has 0 N–H and O–H groups in total. The fourth-order valence-corrected chi connectivity index (χ4v) is 2.77. The second kappa shape index (κ2) is 8.90. The third-order valence-corrected chi connectivity index (χ3v) is 4.30. The maximum atomic E-state index is 12.5. The van der Waals surface area contributed by atoms with Gasteiger partial charge in [0.15, 0.2) is 0 Å². The van der Waals surface area contributed by atoms with Crippen LogP contribution in [0.3, 0.4) is 0 Å². The summed E-state index contributed by atoms with van der Waals surface area (Å²) < 4.78 is 12.4. The van der Waals surface area contributed by atoms with E-state index >= 15 is 0 Å². The molecule has 0 aliphatic heterocycles. The van der Waals surface area contributed by atoms with Gasteiger partial charge in [-0.15, -0.1) is 0 Å². The number of carbonyl (C=O) groups is 1. The summed E-state index contributed by atoms with van der Waals surface area (Å²) in [6.45, 7) is 0.464. The van der Waals surface area contributed by atoms with Crippen molar-refractivity contribution >= 4 is 12.0 Å². The summed E-state index contributed by atoms with van der Waals surface area (Å²) in [5, 5.41) is 4.36. The highest BCUT2D eigenvalue weighted by Gasteiger charge is 2.09. The number of methoxy groups -OCH3 is 2. The first kappa shape index (κ1) is 19.2. The number of para-hydroxylation sites is 1. The van der Waals surface area contributed by atoms with Gasteiger partial charge in [0.2, 0.25) is 5.91 Å². The minimum absolute atomic E-state index is 0.114. The highest BCUT2D eigenvalue weighted by molar-refractivity contribution is 5.92. The van der Waals surface area contributed by atoms with Gasteiger partial charge < -0.3 is 14.4 Å². The fraction of sp³-hybridized carbons (Fsp3) is 0.182. The topological polar surface area (TPSA) is 56.6 Å². The molecule has 0 radical (unpaired) electrons. The van der Waals surface area contributed by atoms with Crippen molar-refractivity contribution in [2.24, 2.45) is 0 Å². The van der Waals surface area contributed by atoms with Crippen LogP contribution < -0.4 is 9.47 Å². The third kappa shape index (κ3) is 4.59. The maximum absolute atomic E-state index is 12.5. The van der Waals surface area contributed by atoms with Crippen LogP contribution in [0.25, 0.3) is 11.8 Å². The highest BCUT2D eigenvalue weighted by atomic mass is 16.5. The minimum Gasteiger partial charge on any atom is -0.497 e. The average molecular weight is 377 g/mol. The number of rotatable bonds is 7. The van der Waals surface area contributed by atoms with Gasteiger partial charge in [0, 0.05) is 37.0 Å². The summed E-state index contributed by atoms with van der Waals surface area (Å²) in [6, 6.07) is 15.3. The van der Waals surface area contributed by atoms with Gasteiger partial charge in [-0.3, -0.25) is 4.79 Å². The molecule has 1 aromatic heterocycles. The molecule has 1 heterocycles. The molecule has 3 rings (SSSR count). The molecular formula is C22H23N3O3. The van der Waals surface area contributed by atoms with Gasteiger partial charge in [0.05, 0.1) is 26.1 Å². The normalized spacial score (nSPS) is 10.8. The smallest absolute Gasteiger partial charge is 0.246 e. The van der Waals surface area contributed by atoms with Crippen LogP contribution in [-0.4, -0.2) is 41.9 Å². The van der Waals surface area contributed by atoms with E-state index < -0.39 is 0 Å². The van der Waals surface area contributed by atoms with Gasteiger partial charge in [-0.25, -0.2) is 4.68 Å². The first-order valence-electron chi connectivity index (χ1n) is 8.85. The zero-order valence-electron chi connectivity index (χ0n) is 16.2. The predicted octanol–water partition coefficient (Wildman–Crippen LogP) is 3.56. The number of benzene rings is 2. The van der Waals surface area contributed by atoms with Crippen molar-refractivity contribution < 1.29 is 14.3 Å². The lowest BCUT2D eigenvalue weighted by atomic mass is 10.1. The summed E-state index contributed by atoms with van der Waals surface area (Å²) in [5.74, 6) is 1.27. The molecule has 28 heavy (non-hydrogen) atoms. The van der Waals surface area contributed by atoms with Crippen LogP contribution >= 0.6 is 0 Å². The van der Waals surface area contributed by atoms with Crippen LogP contribution in [0, 0.1) is 0 Å². The van der Waals surface area contributed by atoms with E-state index in [1.807, 2.05) is 54.7 Å². The van der Waals surface area contributed by atoms with Crippen LogP contribution in [0.4, 0.5) is 0 Å². The van der Waals surface area contributed by atoms with Gasteiger partial charge in [0.25, 0.3) is 0 Å². The van der Waals surface area contributed by atoms with E-state index in [1.165, 1.54) is 6.08 Å². The molecule has 0 aliphatic carbocycles. The van der Waals surface area contributed by atoms with E-state index in [2.05, 4.69) is 5.10 Å². The average Bonchev–Trinajstić information content (AvgIpc) is 3.20. The monoisotopic (exact) mass is 377 g/mol. The van der Waals surface area contributed by atoms with Gasteiger partial charge in [-0.2, -0.15) is 5.10 Å². The van der Waals surface area contributed by atoms with E-state index in [4.69, 9.17) is 9.47 Å². The Morgan fingerprint density at radius 3 is 2.64 bits per heavy atom. The molecule has 0 spiro atoms. The third-order valence-electron chi connectivity index (χ3n) is 4.30. The highest BCUT2D eigenvalue weighted by Crippen LogP contribution is 2.25. The van der Waals surface area contributed by atoms with Crippen molar-refractivity contribution in [2.45, 2.75) is 6.54 Å². The Morgan fingerprint density at radius 2 is 1.93 bits per heavy atom. The Kier molecular flexibility index (Phi) is 6.11. The molecule has 0 aliphatic rings. The predicted molar refractivity (Wildman–Crippen MR) is 109 cm³/mol. The Morgan fingerprint density at radius 1 is 1.14 bits per heavy atom. The van der Waals surface area contributed by atoms with Gasteiger partial charge >= 0.3 is 0 Å². The first-order valence-corrected chi connectivity index (χ1v) is 8.85. The first-order chi connectivity index (χ1) is 13.6. The van der Waals surface area contributed by atoms with Crippen molar-refractivity contribution in [1.82, 2.24) is 14.7 Å². The molecule has 6 nitrogen and oxygen atoms in total. The quantitative estimate of drug-likeness (QED) is 0.591. The lowest BCUT2D eigenvalue weighted by Crippen LogP contribution is -2.23. The molecule has 0 fully saturated rings. The summed E-state index contributed by atoms with van der Waals surface area (Å²) in [7, 11) is 4.96. The number of nitrogens with zero attached hydrogens (tertiary/aromatic N) is 3. The van der Waals surface area contributed by atoms with Crippen molar-refractivity contribution in [3.8, 4) is 17.2 Å². The van der Waals surface area contributed by atoms with E-state index in [0.717, 1.165) is 16.8 Å². The number of aromatic nitrogens is 2. The summed E-state index contributed by atoms with van der Waals surface area (Å²) in [5.41, 5.74) is 2.71. The van der Waals surface area contributed by atoms with Crippen molar-refractivity contribution in [1.29, 1.82) is 0 Å². The number of hydrogen-bond donors (Lipinski definition) is 0. The SMILES string of the molecule is COc1ccc(OC)c(/C=C/C(=O)N(C)Cc2cnn(-c3ccccc3)c2)c1. The van der Waals surface area contributed by atoms with Crippen molar-refractivity contribution in [3.05, 3.63) is 78.1 Å². The maximum Gasteiger partial charge on any atom is 0.246 e. The van der Waals surface area contributed by atoms with Crippen LogP contribution in [-0.2, 0) is 11.3 Å². The number of likely N-dealkylation sites (N-methyl/N-ethyl adjacent to an activating group) is 1. The molecular weight excluding hydrogens is 354 g/mol. The van der Waals surface area contributed by atoms with Crippen LogP contribution in [0.15, 0.2) is 67.0 Å². The number of carbonyl (C=O) groups excluding carboxylic acids is 1. The largest absolute Gasteiger partial charge is 0.497 e. The Hall–Kier alpha value is -3.54.